The monoisotopic (exact) mass is 155 g/mol. The number of hydrogen-bond donors (Lipinski definition) is 0. The van der Waals surface area contributed by atoms with E-state index in [2.05, 4.69) is 6.92 Å². The molecule has 0 aliphatic carbocycles. The summed E-state index contributed by atoms with van der Waals surface area (Å²) in [6, 6.07) is 0. The van der Waals surface area contributed by atoms with Crippen molar-refractivity contribution in [3.63, 3.8) is 0 Å². The molecule has 0 aromatic heterocycles. The maximum Gasteiger partial charge on any atom is 2.00 e. The van der Waals surface area contributed by atoms with Crippen molar-refractivity contribution in [2.24, 2.45) is 0 Å². The van der Waals surface area contributed by atoms with Crippen LogP contribution in [0.25, 0.3) is 0 Å². The molecule has 0 aliphatic heterocycles. The number of rotatable bonds is 3. The van der Waals surface area contributed by atoms with Gasteiger partial charge in [0.15, 0.2) is 0 Å². The Morgan fingerprint density at radius 3 is 2.12 bits per heavy atom. The summed E-state index contributed by atoms with van der Waals surface area (Å²) in [5.74, 6) is 0. The van der Waals surface area contributed by atoms with Crippen LogP contribution in [0.15, 0.2) is 0 Å². The molecule has 0 atom stereocenters. The molecule has 0 unspecified atom stereocenters. The minimum Gasteiger partial charge on any atom is -0.542 e. The van der Waals surface area contributed by atoms with Crippen LogP contribution in [0.1, 0.15) is 26.2 Å². The second kappa shape index (κ2) is 15.7. The van der Waals surface area contributed by atoms with Gasteiger partial charge in [0.05, 0.1) is 0 Å². The molecule has 0 heterocycles. The Balaban J connectivity index is -0.000000125. The Morgan fingerprint density at radius 1 is 1.50 bits per heavy atom. The Kier molecular flexibility index (Phi) is 30.8. The minimum atomic E-state index is 0. The Morgan fingerprint density at radius 2 is 2.00 bits per heavy atom. The number of unbranched alkanes of at least 4 members (excludes halogenated alkanes) is 2. The first kappa shape index (κ1) is 15.7. The largest absolute Gasteiger partial charge is 2.00 e. The van der Waals surface area contributed by atoms with Crippen molar-refractivity contribution in [3.8, 4) is 0 Å². The first-order valence-corrected chi connectivity index (χ1v) is 2.26. The van der Waals surface area contributed by atoms with E-state index in [4.69, 9.17) is 0 Å². The van der Waals surface area contributed by atoms with Crippen LogP contribution < -0.4 is 0 Å². The van der Waals surface area contributed by atoms with Crippen molar-refractivity contribution in [2.45, 2.75) is 26.2 Å². The van der Waals surface area contributed by atoms with E-state index in [1.807, 2.05) is 6.29 Å². The van der Waals surface area contributed by atoms with E-state index in [1.165, 1.54) is 0 Å². The van der Waals surface area contributed by atoms with Crippen molar-refractivity contribution in [3.05, 3.63) is 7.43 Å². The van der Waals surface area contributed by atoms with Crippen LogP contribution in [0.4, 0.5) is 0 Å². The summed E-state index contributed by atoms with van der Waals surface area (Å²) < 4.78 is 0. The van der Waals surface area contributed by atoms with E-state index in [0.717, 1.165) is 12.8 Å². The van der Waals surface area contributed by atoms with Crippen molar-refractivity contribution < 1.29 is 21.9 Å². The fraction of sp³-hybridized carbons (Fsp3) is 0.667. The predicted molar refractivity (Wildman–Crippen MR) is 31.6 cm³/mol. The summed E-state index contributed by atoms with van der Waals surface area (Å²) in [5, 5.41) is 0. The predicted octanol–water partition coefficient (Wildman–Crippen LogP) is 1.73. The standard InChI is InChI=1S/C5H9O.CH3.Mn/c1-2-3-4-5-6;;/h2-4H2,1H3;1H3;/q2*-1;+2. The van der Waals surface area contributed by atoms with Crippen molar-refractivity contribution in [2.75, 3.05) is 0 Å². The zero-order chi connectivity index (χ0) is 4.83. The Labute approximate surface area is 62.3 Å². The van der Waals surface area contributed by atoms with Gasteiger partial charge in [-0.15, -0.1) is 0 Å². The van der Waals surface area contributed by atoms with Crippen LogP contribution in [0, 0.1) is 7.43 Å². The Bertz CT molecular complexity index is 37.5. The summed E-state index contributed by atoms with van der Waals surface area (Å²) in [4.78, 5) is 9.44. The maximum atomic E-state index is 9.44. The SMILES string of the molecule is CCCC[C-]=O.[CH3-].[Mn+2]. The van der Waals surface area contributed by atoms with E-state index >= 15 is 0 Å². The molecule has 0 rings (SSSR count). The fourth-order valence-electron chi connectivity index (χ4n) is 0.249. The zero-order valence-electron chi connectivity index (χ0n) is 5.41. The molecule has 0 saturated heterocycles. The van der Waals surface area contributed by atoms with Gasteiger partial charge in [0.1, 0.15) is 0 Å². The molecular weight excluding hydrogens is 143 g/mol. The van der Waals surface area contributed by atoms with E-state index in [-0.39, 0.29) is 24.5 Å². The van der Waals surface area contributed by atoms with Gasteiger partial charge in [-0.05, 0) is 0 Å². The quantitative estimate of drug-likeness (QED) is 0.344. The Hall–Kier alpha value is 0.189. The van der Waals surface area contributed by atoms with E-state index in [9.17, 15) is 4.79 Å². The van der Waals surface area contributed by atoms with E-state index < -0.39 is 0 Å². The van der Waals surface area contributed by atoms with Gasteiger partial charge < -0.3 is 12.2 Å². The molecule has 0 fully saturated rings. The van der Waals surface area contributed by atoms with Crippen molar-refractivity contribution >= 4 is 6.29 Å². The molecule has 0 aromatic rings. The summed E-state index contributed by atoms with van der Waals surface area (Å²) in [7, 11) is 0. The second-order valence-electron chi connectivity index (χ2n) is 1.25. The van der Waals surface area contributed by atoms with Crippen molar-refractivity contribution in [1.82, 2.24) is 0 Å². The smallest absolute Gasteiger partial charge is 0.542 e. The van der Waals surface area contributed by atoms with Crippen molar-refractivity contribution in [1.29, 1.82) is 0 Å². The minimum absolute atomic E-state index is 0. The van der Waals surface area contributed by atoms with Crippen LogP contribution in [0.2, 0.25) is 0 Å². The fourth-order valence-corrected chi connectivity index (χ4v) is 0.249. The molecule has 49 valence electrons. The molecular formula is C6H12MnO. The second-order valence-corrected chi connectivity index (χ2v) is 1.25. The summed E-state index contributed by atoms with van der Waals surface area (Å²) >= 11 is 0. The summed E-state index contributed by atoms with van der Waals surface area (Å²) in [5.41, 5.74) is 0. The van der Waals surface area contributed by atoms with E-state index in [0.29, 0.717) is 6.42 Å². The van der Waals surface area contributed by atoms with Gasteiger partial charge in [0.2, 0.25) is 0 Å². The molecule has 0 amide bonds. The van der Waals surface area contributed by atoms with Gasteiger partial charge in [-0.3, -0.25) is 6.29 Å². The molecule has 1 radical (unpaired) electrons. The van der Waals surface area contributed by atoms with Crippen LogP contribution >= 0.6 is 0 Å². The van der Waals surface area contributed by atoms with Crippen LogP contribution in [-0.4, -0.2) is 6.29 Å². The molecule has 1 nitrogen and oxygen atoms in total. The summed E-state index contributed by atoms with van der Waals surface area (Å²) in [6.07, 6.45) is 4.51. The third kappa shape index (κ3) is 16.4. The molecule has 0 saturated carbocycles. The zero-order valence-corrected chi connectivity index (χ0v) is 6.59. The molecule has 0 aromatic carbocycles. The third-order valence-electron chi connectivity index (χ3n) is 0.632. The van der Waals surface area contributed by atoms with Gasteiger partial charge in [-0.1, -0.05) is 19.8 Å². The molecule has 0 N–H and O–H groups in total. The molecule has 2 heteroatoms. The molecule has 0 aliphatic rings. The van der Waals surface area contributed by atoms with E-state index in [1.54, 1.807) is 0 Å². The average molecular weight is 155 g/mol. The summed E-state index contributed by atoms with van der Waals surface area (Å²) in [6.45, 7) is 2.05. The maximum absolute atomic E-state index is 9.44. The first-order chi connectivity index (χ1) is 2.91. The van der Waals surface area contributed by atoms with Gasteiger partial charge in [0, 0.05) is 0 Å². The van der Waals surface area contributed by atoms with Crippen LogP contribution in [0.3, 0.4) is 0 Å². The topological polar surface area (TPSA) is 17.1 Å². The molecule has 0 spiro atoms. The van der Waals surface area contributed by atoms with Crippen LogP contribution in [0.5, 0.6) is 0 Å². The van der Waals surface area contributed by atoms with Gasteiger partial charge in [-0.25, -0.2) is 0 Å². The number of hydrogen-bond acceptors (Lipinski definition) is 1. The van der Waals surface area contributed by atoms with Crippen LogP contribution in [-0.2, 0) is 21.9 Å². The normalized spacial score (nSPS) is 6.12. The van der Waals surface area contributed by atoms with Gasteiger partial charge in [0.25, 0.3) is 0 Å². The average Bonchev–Trinajstić information content (AvgIpc) is 1.61. The number of carbonyl (C=O) groups excluding carboxylic acids is 1. The van der Waals surface area contributed by atoms with Gasteiger partial charge in [-0.2, -0.15) is 6.42 Å². The third-order valence-corrected chi connectivity index (χ3v) is 0.632. The molecule has 0 bridgehead atoms. The van der Waals surface area contributed by atoms with Gasteiger partial charge >= 0.3 is 17.1 Å². The first-order valence-electron chi connectivity index (χ1n) is 2.26. The molecule has 8 heavy (non-hydrogen) atoms.